The average Bonchev–Trinajstić information content (AvgIpc) is 3.33. The zero-order chi connectivity index (χ0) is 27.4. The van der Waals surface area contributed by atoms with Crippen LogP contribution in [0.25, 0.3) is 0 Å². The van der Waals surface area contributed by atoms with E-state index in [1.165, 1.54) is 6.20 Å². The van der Waals surface area contributed by atoms with Crippen LogP contribution in [0.5, 0.6) is 5.75 Å². The molecule has 1 aliphatic heterocycles. The molecule has 1 N–H and O–H groups in total. The fraction of sp³-hybridized carbons (Fsp3) is 0.200. The van der Waals surface area contributed by atoms with Gasteiger partial charge in [-0.1, -0.05) is 87.7 Å². The van der Waals surface area contributed by atoms with Gasteiger partial charge in [0, 0.05) is 29.1 Å². The Morgan fingerprint density at radius 3 is 2.46 bits per heavy atom. The summed E-state index contributed by atoms with van der Waals surface area (Å²) in [6, 6.07) is 25.6. The van der Waals surface area contributed by atoms with Crippen LogP contribution in [0.1, 0.15) is 34.7 Å². The van der Waals surface area contributed by atoms with E-state index in [0.29, 0.717) is 22.0 Å². The quantitative estimate of drug-likeness (QED) is 0.280. The molecule has 39 heavy (non-hydrogen) atoms. The van der Waals surface area contributed by atoms with Crippen LogP contribution in [0, 0.1) is 6.92 Å². The number of sulfone groups is 1. The number of pyridine rings is 1. The van der Waals surface area contributed by atoms with Gasteiger partial charge in [0.15, 0.2) is 21.0 Å². The summed E-state index contributed by atoms with van der Waals surface area (Å²) in [6.45, 7) is 1.90. The van der Waals surface area contributed by atoms with Crippen molar-refractivity contribution in [2.75, 3.05) is 5.88 Å². The normalized spacial score (nSPS) is 24.8. The van der Waals surface area contributed by atoms with E-state index < -0.39 is 32.8 Å². The zero-order valence-corrected chi connectivity index (χ0v) is 24.0. The maximum atomic E-state index is 13.3. The van der Waals surface area contributed by atoms with Crippen LogP contribution in [0.2, 0.25) is 5.02 Å². The number of aryl methyl sites for hydroxylation is 1. The first-order valence-electron chi connectivity index (χ1n) is 12.4. The number of hydrogen-bond acceptors (Lipinski definition) is 6. The van der Waals surface area contributed by atoms with E-state index in [1.54, 1.807) is 30.3 Å². The maximum Gasteiger partial charge on any atom is 0.198 e. The molecule has 0 amide bonds. The van der Waals surface area contributed by atoms with Crippen molar-refractivity contribution in [3.63, 3.8) is 0 Å². The minimum atomic E-state index is -3.76. The molecule has 1 saturated carbocycles. The van der Waals surface area contributed by atoms with Crippen molar-refractivity contribution in [3.05, 3.63) is 123 Å². The second-order valence-electron chi connectivity index (χ2n) is 9.88. The fourth-order valence-electron chi connectivity index (χ4n) is 5.72. The molecule has 0 spiro atoms. The lowest BCUT2D eigenvalue weighted by Gasteiger charge is -2.39. The van der Waals surface area contributed by atoms with Crippen molar-refractivity contribution in [1.82, 2.24) is 4.98 Å². The number of aromatic nitrogens is 1. The highest BCUT2D eigenvalue weighted by Crippen LogP contribution is 2.65. The van der Waals surface area contributed by atoms with Gasteiger partial charge in [0.05, 0.1) is 15.6 Å². The summed E-state index contributed by atoms with van der Waals surface area (Å²) in [6.07, 6.45) is 1.72. The molecule has 2 heterocycles. The number of aliphatic imine (C=N–C) groups is 1. The van der Waals surface area contributed by atoms with Gasteiger partial charge in [-0.15, -0.1) is 0 Å². The number of fused-ring (bicyclic) bond motifs is 3. The Kier molecular flexibility index (Phi) is 6.42. The second kappa shape index (κ2) is 9.55. The lowest BCUT2D eigenvalue weighted by molar-refractivity contribution is -0.0753. The van der Waals surface area contributed by atoms with Crippen LogP contribution in [-0.4, -0.2) is 30.1 Å². The topological polar surface area (TPSA) is 88.9 Å². The van der Waals surface area contributed by atoms with E-state index in [-0.39, 0.29) is 17.0 Å². The lowest BCUT2D eigenvalue weighted by Crippen LogP contribution is -2.51. The first-order chi connectivity index (χ1) is 18.6. The van der Waals surface area contributed by atoms with E-state index in [9.17, 15) is 13.5 Å². The summed E-state index contributed by atoms with van der Waals surface area (Å²) < 4.78 is 34.1. The van der Waals surface area contributed by atoms with Crippen molar-refractivity contribution in [2.24, 2.45) is 4.99 Å². The molecule has 1 fully saturated rings. The zero-order valence-electron chi connectivity index (χ0n) is 20.9. The molecule has 9 heteroatoms. The fourth-order valence-corrected chi connectivity index (χ4v) is 7.16. The van der Waals surface area contributed by atoms with Gasteiger partial charge in [-0.2, -0.15) is 0 Å². The number of benzene rings is 3. The number of aliphatic hydroxyl groups is 1. The molecule has 0 radical (unpaired) electrons. The SMILES string of the molecule is Cc1ccc(S(=O)(=O)CN=C2C[C@@H](c3ccccc3)[C@]3(c4ccc(Br)cc4)Oc4cc(Cl)cnc4[C@]23O)cc1. The Morgan fingerprint density at radius 1 is 1.08 bits per heavy atom. The molecule has 0 saturated heterocycles. The molecule has 4 aromatic rings. The highest BCUT2D eigenvalue weighted by atomic mass is 79.9. The number of hydrogen-bond donors (Lipinski definition) is 1. The molecule has 3 atom stereocenters. The highest BCUT2D eigenvalue weighted by molar-refractivity contribution is 9.10. The molecule has 1 aliphatic carbocycles. The smallest absolute Gasteiger partial charge is 0.198 e. The van der Waals surface area contributed by atoms with Gasteiger partial charge in [0.25, 0.3) is 0 Å². The summed E-state index contributed by atoms with van der Waals surface area (Å²) in [5, 5.41) is 13.1. The standard InChI is InChI=1S/C30H24BrClN2O4S/c1-19-7-13-24(14-8-19)39(36,37)18-34-27-16-25(20-5-3-2-4-6-20)30(21-9-11-22(31)12-10-21)29(27,35)28-26(38-30)15-23(32)17-33-28/h2-15,17,25,35H,16,18H2,1H3/t25-,29+,30-/m0/s1. The molecule has 6 rings (SSSR count). The van der Waals surface area contributed by atoms with Gasteiger partial charge in [-0.25, -0.2) is 8.42 Å². The third kappa shape index (κ3) is 4.12. The van der Waals surface area contributed by atoms with E-state index in [2.05, 4.69) is 25.9 Å². The van der Waals surface area contributed by atoms with Crippen molar-refractivity contribution < 1.29 is 18.3 Å². The van der Waals surface area contributed by atoms with Crippen molar-refractivity contribution in [1.29, 1.82) is 0 Å². The molecule has 198 valence electrons. The van der Waals surface area contributed by atoms with Crippen molar-refractivity contribution in [2.45, 2.75) is 35.4 Å². The molecule has 1 aromatic heterocycles. The van der Waals surface area contributed by atoms with Crippen LogP contribution in [0.3, 0.4) is 0 Å². The van der Waals surface area contributed by atoms with Crippen molar-refractivity contribution >= 4 is 43.1 Å². The third-order valence-electron chi connectivity index (χ3n) is 7.56. The van der Waals surface area contributed by atoms with E-state index in [1.807, 2.05) is 61.5 Å². The number of ether oxygens (including phenoxy) is 1. The Morgan fingerprint density at radius 2 is 1.77 bits per heavy atom. The summed E-state index contributed by atoms with van der Waals surface area (Å²) in [4.78, 5) is 9.29. The minimum Gasteiger partial charge on any atom is -0.476 e. The Balaban J connectivity index is 1.57. The Hall–Kier alpha value is -3.04. The van der Waals surface area contributed by atoms with Gasteiger partial charge in [0.1, 0.15) is 17.3 Å². The summed E-state index contributed by atoms with van der Waals surface area (Å²) >= 11 is 9.78. The number of halogens is 2. The van der Waals surface area contributed by atoms with Crippen LogP contribution in [0.4, 0.5) is 0 Å². The second-order valence-corrected chi connectivity index (χ2v) is 13.2. The molecule has 3 aromatic carbocycles. The molecule has 0 bridgehead atoms. The Bertz CT molecular complexity index is 1700. The summed E-state index contributed by atoms with van der Waals surface area (Å²) in [5.74, 6) is -0.588. The lowest BCUT2D eigenvalue weighted by atomic mass is 9.72. The number of nitrogens with zero attached hydrogens (tertiary/aromatic N) is 2. The average molecular weight is 624 g/mol. The number of rotatable bonds is 5. The van der Waals surface area contributed by atoms with Crippen LogP contribution >= 0.6 is 27.5 Å². The van der Waals surface area contributed by atoms with Crippen LogP contribution < -0.4 is 4.74 Å². The first kappa shape index (κ1) is 26.2. The predicted molar refractivity (Wildman–Crippen MR) is 154 cm³/mol. The van der Waals surface area contributed by atoms with E-state index >= 15 is 0 Å². The summed E-state index contributed by atoms with van der Waals surface area (Å²) in [7, 11) is -3.76. The first-order valence-corrected chi connectivity index (χ1v) is 15.2. The van der Waals surface area contributed by atoms with E-state index in [4.69, 9.17) is 16.3 Å². The van der Waals surface area contributed by atoms with Gasteiger partial charge < -0.3 is 9.84 Å². The van der Waals surface area contributed by atoms with Gasteiger partial charge in [-0.3, -0.25) is 9.98 Å². The monoisotopic (exact) mass is 622 g/mol. The molecular weight excluding hydrogens is 600 g/mol. The molecular formula is C30H24BrClN2O4S. The van der Waals surface area contributed by atoms with Gasteiger partial charge in [-0.05, 0) is 42.3 Å². The van der Waals surface area contributed by atoms with Gasteiger partial charge in [0.2, 0.25) is 0 Å². The Labute approximate surface area is 240 Å². The predicted octanol–water partition coefficient (Wildman–Crippen LogP) is 6.34. The van der Waals surface area contributed by atoms with E-state index in [0.717, 1.165) is 15.6 Å². The maximum absolute atomic E-state index is 13.3. The van der Waals surface area contributed by atoms with Gasteiger partial charge >= 0.3 is 0 Å². The highest BCUT2D eigenvalue weighted by Gasteiger charge is 2.72. The van der Waals surface area contributed by atoms with Crippen molar-refractivity contribution in [3.8, 4) is 5.75 Å². The summed E-state index contributed by atoms with van der Waals surface area (Å²) in [5.41, 5.74) is -0.0545. The third-order valence-corrected chi connectivity index (χ3v) is 9.75. The van der Waals surface area contributed by atoms with Crippen LogP contribution in [0.15, 0.2) is 105 Å². The molecule has 2 aliphatic rings. The molecule has 6 nitrogen and oxygen atoms in total. The minimum absolute atomic E-state index is 0.175. The molecule has 0 unspecified atom stereocenters. The van der Waals surface area contributed by atoms with Crippen LogP contribution in [-0.2, 0) is 21.0 Å². The largest absolute Gasteiger partial charge is 0.476 e.